The van der Waals surface area contributed by atoms with Gasteiger partial charge in [0.25, 0.3) is 0 Å². The van der Waals surface area contributed by atoms with Gasteiger partial charge in [-0.3, -0.25) is 15.0 Å². The smallest absolute Gasteiger partial charge is 0.0738 e. The molecule has 0 aliphatic carbocycles. The van der Waals surface area contributed by atoms with Gasteiger partial charge in [-0.1, -0.05) is 6.07 Å². The summed E-state index contributed by atoms with van der Waals surface area (Å²) in [5, 5.41) is 0. The van der Waals surface area contributed by atoms with E-state index in [1.807, 2.05) is 30.3 Å². The number of nitrogens with two attached hydrogens (primary N) is 1. The first-order valence-corrected chi connectivity index (χ1v) is 5.91. The number of rotatable bonds is 2. The van der Waals surface area contributed by atoms with Gasteiger partial charge in [0.2, 0.25) is 0 Å². The van der Waals surface area contributed by atoms with Gasteiger partial charge >= 0.3 is 0 Å². The van der Waals surface area contributed by atoms with Crippen LogP contribution < -0.4 is 5.73 Å². The van der Waals surface area contributed by atoms with Gasteiger partial charge < -0.3 is 5.73 Å². The van der Waals surface area contributed by atoms with Gasteiger partial charge in [-0.15, -0.1) is 0 Å². The Kier molecular flexibility index (Phi) is 2.90. The summed E-state index contributed by atoms with van der Waals surface area (Å²) in [6, 6.07) is 9.54. The second-order valence-corrected chi connectivity index (χ2v) is 4.14. The van der Waals surface area contributed by atoms with Gasteiger partial charge in [0.05, 0.1) is 5.69 Å². The van der Waals surface area contributed by atoms with Crippen LogP contribution in [0.5, 0.6) is 0 Å². The number of pyridine rings is 3. The van der Waals surface area contributed by atoms with Gasteiger partial charge in [-0.2, -0.15) is 0 Å². The van der Waals surface area contributed by atoms with Crippen LogP contribution in [0, 0.1) is 0 Å². The van der Waals surface area contributed by atoms with Crippen molar-refractivity contribution in [1.82, 2.24) is 15.0 Å². The van der Waals surface area contributed by atoms with Crippen molar-refractivity contribution in [1.29, 1.82) is 0 Å². The SMILES string of the molecule is Nc1cc(-c2cccnc2)ncc1-c1cccnc1. The molecule has 0 saturated heterocycles. The Balaban J connectivity index is 2.04. The Morgan fingerprint density at radius 3 is 2.11 bits per heavy atom. The molecule has 19 heavy (non-hydrogen) atoms. The first-order valence-electron chi connectivity index (χ1n) is 5.91. The number of anilines is 1. The van der Waals surface area contributed by atoms with E-state index in [4.69, 9.17) is 5.73 Å². The van der Waals surface area contributed by atoms with Gasteiger partial charge in [-0.05, 0) is 24.3 Å². The van der Waals surface area contributed by atoms with Crippen LogP contribution in [0.25, 0.3) is 22.4 Å². The zero-order valence-electron chi connectivity index (χ0n) is 10.2. The third-order valence-electron chi connectivity index (χ3n) is 2.87. The molecule has 0 radical (unpaired) electrons. The summed E-state index contributed by atoms with van der Waals surface area (Å²) in [4.78, 5) is 12.6. The molecule has 4 nitrogen and oxygen atoms in total. The fourth-order valence-electron chi connectivity index (χ4n) is 1.91. The lowest BCUT2D eigenvalue weighted by molar-refractivity contribution is 1.27. The molecule has 4 heteroatoms. The molecule has 0 bridgehead atoms. The second-order valence-electron chi connectivity index (χ2n) is 4.14. The zero-order chi connectivity index (χ0) is 13.1. The Morgan fingerprint density at radius 1 is 0.842 bits per heavy atom. The summed E-state index contributed by atoms with van der Waals surface area (Å²) < 4.78 is 0. The van der Waals surface area contributed by atoms with Gasteiger partial charge in [0, 0.05) is 53.4 Å². The molecule has 3 heterocycles. The summed E-state index contributed by atoms with van der Waals surface area (Å²) in [5.74, 6) is 0. The predicted octanol–water partition coefficient (Wildman–Crippen LogP) is 2.79. The van der Waals surface area contributed by atoms with E-state index in [0.717, 1.165) is 22.4 Å². The normalized spacial score (nSPS) is 10.3. The fourth-order valence-corrected chi connectivity index (χ4v) is 1.91. The summed E-state index contributed by atoms with van der Waals surface area (Å²) >= 11 is 0. The van der Waals surface area contributed by atoms with E-state index in [2.05, 4.69) is 15.0 Å². The molecular formula is C15H12N4. The van der Waals surface area contributed by atoms with Crippen LogP contribution in [-0.4, -0.2) is 15.0 Å². The van der Waals surface area contributed by atoms with Crippen LogP contribution >= 0.6 is 0 Å². The third-order valence-corrected chi connectivity index (χ3v) is 2.87. The van der Waals surface area contributed by atoms with Gasteiger partial charge in [0.15, 0.2) is 0 Å². The molecule has 3 aromatic heterocycles. The van der Waals surface area contributed by atoms with Gasteiger partial charge in [0.1, 0.15) is 0 Å². The molecule has 0 aliphatic rings. The minimum Gasteiger partial charge on any atom is -0.398 e. The Labute approximate surface area is 111 Å². The highest BCUT2D eigenvalue weighted by atomic mass is 14.7. The van der Waals surface area contributed by atoms with Crippen molar-refractivity contribution in [2.24, 2.45) is 0 Å². The quantitative estimate of drug-likeness (QED) is 0.757. The largest absolute Gasteiger partial charge is 0.398 e. The molecule has 0 spiro atoms. The molecule has 0 saturated carbocycles. The van der Waals surface area contributed by atoms with E-state index >= 15 is 0 Å². The van der Waals surface area contributed by atoms with E-state index in [-0.39, 0.29) is 0 Å². The third kappa shape index (κ3) is 2.28. The van der Waals surface area contributed by atoms with Crippen molar-refractivity contribution in [2.75, 3.05) is 5.73 Å². The molecule has 2 N–H and O–H groups in total. The average Bonchev–Trinajstić information content (AvgIpc) is 2.49. The maximum absolute atomic E-state index is 6.10. The molecule has 0 aliphatic heterocycles. The van der Waals surface area contributed by atoms with Crippen molar-refractivity contribution in [3.63, 3.8) is 0 Å². The number of nitrogen functional groups attached to an aromatic ring is 1. The fraction of sp³-hybridized carbons (Fsp3) is 0. The summed E-state index contributed by atoms with van der Waals surface area (Å²) in [6.45, 7) is 0. The van der Waals surface area contributed by atoms with Crippen LogP contribution in [0.1, 0.15) is 0 Å². The maximum atomic E-state index is 6.10. The Bertz CT molecular complexity index is 681. The van der Waals surface area contributed by atoms with Crippen molar-refractivity contribution >= 4 is 5.69 Å². The lowest BCUT2D eigenvalue weighted by atomic mass is 10.1. The van der Waals surface area contributed by atoms with Crippen LogP contribution in [0.4, 0.5) is 5.69 Å². The summed E-state index contributed by atoms with van der Waals surface area (Å²) in [6.07, 6.45) is 8.78. The minimum atomic E-state index is 0.682. The molecule has 0 fully saturated rings. The Hall–Kier alpha value is -2.75. The first-order chi connectivity index (χ1) is 9.34. The number of hydrogen-bond donors (Lipinski definition) is 1. The van der Waals surface area contributed by atoms with Crippen LogP contribution in [-0.2, 0) is 0 Å². The standard InChI is InChI=1S/C15H12N4/c16-14-7-15(12-4-2-6-18-9-12)19-10-13(14)11-3-1-5-17-8-11/h1-10H,(H2,16,19). The van der Waals surface area contributed by atoms with E-state index in [9.17, 15) is 0 Å². The monoisotopic (exact) mass is 248 g/mol. The van der Waals surface area contributed by atoms with Gasteiger partial charge in [-0.25, -0.2) is 0 Å². The highest BCUT2D eigenvalue weighted by Crippen LogP contribution is 2.27. The van der Waals surface area contributed by atoms with Crippen LogP contribution in [0.15, 0.2) is 61.3 Å². The van der Waals surface area contributed by atoms with Crippen molar-refractivity contribution in [3.8, 4) is 22.4 Å². The van der Waals surface area contributed by atoms with E-state index in [0.29, 0.717) is 5.69 Å². The first kappa shape index (κ1) is 11.3. The molecule has 3 rings (SSSR count). The summed E-state index contributed by atoms with van der Waals surface area (Å²) in [5.41, 5.74) is 10.4. The lowest BCUT2D eigenvalue weighted by Crippen LogP contribution is -1.94. The zero-order valence-corrected chi connectivity index (χ0v) is 10.2. The number of hydrogen-bond acceptors (Lipinski definition) is 4. The highest BCUT2D eigenvalue weighted by molar-refractivity contribution is 5.78. The van der Waals surface area contributed by atoms with Crippen LogP contribution in [0.3, 0.4) is 0 Å². The molecule has 0 atom stereocenters. The number of aromatic nitrogens is 3. The molecule has 0 aromatic carbocycles. The van der Waals surface area contributed by atoms with Crippen molar-refractivity contribution in [3.05, 3.63) is 61.3 Å². The van der Waals surface area contributed by atoms with E-state index in [1.54, 1.807) is 31.0 Å². The second kappa shape index (κ2) is 4.86. The highest BCUT2D eigenvalue weighted by Gasteiger charge is 2.06. The topological polar surface area (TPSA) is 64.7 Å². The van der Waals surface area contributed by atoms with Crippen LogP contribution in [0.2, 0.25) is 0 Å². The number of nitrogens with zero attached hydrogens (tertiary/aromatic N) is 3. The molecule has 0 amide bonds. The predicted molar refractivity (Wildman–Crippen MR) is 75.1 cm³/mol. The molecule has 0 unspecified atom stereocenters. The summed E-state index contributed by atoms with van der Waals surface area (Å²) in [7, 11) is 0. The molecule has 92 valence electrons. The maximum Gasteiger partial charge on any atom is 0.0738 e. The average molecular weight is 248 g/mol. The van der Waals surface area contributed by atoms with E-state index in [1.165, 1.54) is 0 Å². The van der Waals surface area contributed by atoms with E-state index < -0.39 is 0 Å². The molecule has 3 aromatic rings. The lowest BCUT2D eigenvalue weighted by Gasteiger charge is -2.07. The minimum absolute atomic E-state index is 0.682. The van der Waals surface area contributed by atoms with Crippen molar-refractivity contribution < 1.29 is 0 Å². The Morgan fingerprint density at radius 2 is 1.53 bits per heavy atom. The van der Waals surface area contributed by atoms with Crippen molar-refractivity contribution in [2.45, 2.75) is 0 Å². The molecular weight excluding hydrogens is 236 g/mol.